The van der Waals surface area contributed by atoms with Crippen molar-refractivity contribution in [2.45, 2.75) is 58.0 Å². The van der Waals surface area contributed by atoms with Crippen LogP contribution in [0.1, 0.15) is 62.7 Å². The third-order valence-corrected chi connectivity index (χ3v) is 4.13. The van der Waals surface area contributed by atoms with E-state index in [1.165, 1.54) is 56.1 Å². The first-order chi connectivity index (χ1) is 9.92. The monoisotopic (exact) mass is 275 g/mol. The predicted molar refractivity (Wildman–Crippen MR) is 85.1 cm³/mol. The molecular formula is C18H29NO. The van der Waals surface area contributed by atoms with Gasteiger partial charge in [-0.15, -0.1) is 0 Å². The predicted octanol–water partition coefficient (Wildman–Crippen LogP) is 4.25. The molecule has 0 fully saturated rings. The second kappa shape index (κ2) is 9.15. The molecule has 1 aromatic carbocycles. The average molecular weight is 275 g/mol. The van der Waals surface area contributed by atoms with Crippen molar-refractivity contribution in [3.05, 3.63) is 35.4 Å². The molecule has 1 unspecified atom stereocenters. The summed E-state index contributed by atoms with van der Waals surface area (Å²) < 4.78 is 6.12. The lowest BCUT2D eigenvalue weighted by Gasteiger charge is -2.25. The summed E-state index contributed by atoms with van der Waals surface area (Å²) in [4.78, 5) is 0. The van der Waals surface area contributed by atoms with Gasteiger partial charge in [0.25, 0.3) is 0 Å². The first-order valence-corrected chi connectivity index (χ1v) is 8.32. The van der Waals surface area contributed by atoms with E-state index in [1.54, 1.807) is 0 Å². The molecule has 112 valence electrons. The van der Waals surface area contributed by atoms with E-state index >= 15 is 0 Å². The lowest BCUT2D eigenvalue weighted by Crippen LogP contribution is -2.14. The molecule has 2 heteroatoms. The number of hydrogen-bond acceptors (Lipinski definition) is 2. The van der Waals surface area contributed by atoms with Crippen molar-refractivity contribution in [2.24, 2.45) is 0 Å². The fraction of sp³-hybridized carbons (Fsp3) is 0.667. The van der Waals surface area contributed by atoms with Crippen LogP contribution in [-0.4, -0.2) is 19.7 Å². The molecule has 1 aromatic rings. The van der Waals surface area contributed by atoms with Gasteiger partial charge in [-0.25, -0.2) is 0 Å². The minimum Gasteiger partial charge on any atom is -0.374 e. The van der Waals surface area contributed by atoms with Crippen molar-refractivity contribution in [1.82, 2.24) is 5.32 Å². The Hall–Kier alpha value is -0.860. The van der Waals surface area contributed by atoms with E-state index in [4.69, 9.17) is 4.74 Å². The van der Waals surface area contributed by atoms with Crippen molar-refractivity contribution >= 4 is 0 Å². The molecule has 0 aliphatic heterocycles. The molecule has 2 nitrogen and oxygen atoms in total. The van der Waals surface area contributed by atoms with Crippen LogP contribution in [0.25, 0.3) is 0 Å². The van der Waals surface area contributed by atoms with Crippen molar-refractivity contribution in [1.29, 1.82) is 0 Å². The zero-order valence-electron chi connectivity index (χ0n) is 12.9. The molecule has 0 aromatic heterocycles. The highest BCUT2D eigenvalue weighted by Gasteiger charge is 2.19. The number of ether oxygens (including phenoxy) is 1. The molecule has 1 aliphatic rings. The van der Waals surface area contributed by atoms with Crippen LogP contribution >= 0.6 is 0 Å². The number of hydrogen-bond donors (Lipinski definition) is 1. The molecule has 0 saturated carbocycles. The van der Waals surface area contributed by atoms with Crippen LogP contribution in [0.4, 0.5) is 0 Å². The highest BCUT2D eigenvalue weighted by Crippen LogP contribution is 2.32. The number of benzene rings is 1. The van der Waals surface area contributed by atoms with Crippen LogP contribution in [0, 0.1) is 0 Å². The largest absolute Gasteiger partial charge is 0.374 e. The van der Waals surface area contributed by atoms with E-state index in [0.29, 0.717) is 6.10 Å². The number of aryl methyl sites for hydroxylation is 1. The summed E-state index contributed by atoms with van der Waals surface area (Å²) in [5, 5.41) is 3.37. The molecule has 2 rings (SSSR count). The molecule has 0 saturated heterocycles. The van der Waals surface area contributed by atoms with E-state index in [-0.39, 0.29) is 0 Å². The fourth-order valence-corrected chi connectivity index (χ4v) is 2.99. The molecule has 1 aliphatic carbocycles. The quantitative estimate of drug-likeness (QED) is 0.680. The number of fused-ring (bicyclic) bond motifs is 1. The Labute approximate surface area is 123 Å². The summed E-state index contributed by atoms with van der Waals surface area (Å²) in [7, 11) is 0. The topological polar surface area (TPSA) is 21.3 Å². The van der Waals surface area contributed by atoms with E-state index in [0.717, 1.165) is 19.7 Å². The normalized spacial score (nSPS) is 17.9. The zero-order valence-corrected chi connectivity index (χ0v) is 12.9. The highest BCUT2D eigenvalue weighted by molar-refractivity contribution is 5.31. The second-order valence-electron chi connectivity index (χ2n) is 5.72. The lowest BCUT2D eigenvalue weighted by atomic mass is 9.89. The third kappa shape index (κ3) is 4.92. The van der Waals surface area contributed by atoms with Crippen LogP contribution in [0.3, 0.4) is 0 Å². The molecule has 0 spiro atoms. The van der Waals surface area contributed by atoms with E-state index < -0.39 is 0 Å². The lowest BCUT2D eigenvalue weighted by molar-refractivity contribution is 0.0382. The van der Waals surface area contributed by atoms with Crippen molar-refractivity contribution in [2.75, 3.05) is 19.7 Å². The Bertz CT molecular complexity index is 377. The molecular weight excluding hydrogens is 246 g/mol. The van der Waals surface area contributed by atoms with Gasteiger partial charge in [-0.1, -0.05) is 44.0 Å². The number of rotatable bonds is 9. The van der Waals surface area contributed by atoms with Crippen molar-refractivity contribution in [3.63, 3.8) is 0 Å². The summed E-state index contributed by atoms with van der Waals surface area (Å²) in [6.45, 7) is 5.33. The first kappa shape index (κ1) is 15.5. The highest BCUT2D eigenvalue weighted by atomic mass is 16.5. The van der Waals surface area contributed by atoms with Crippen LogP contribution in [0.2, 0.25) is 0 Å². The van der Waals surface area contributed by atoms with Gasteiger partial charge in [0, 0.05) is 6.61 Å². The molecule has 1 N–H and O–H groups in total. The fourth-order valence-electron chi connectivity index (χ4n) is 2.99. The minimum absolute atomic E-state index is 0.349. The SMILES string of the molecule is CCNCCCCCCOC1CCCc2ccccc21. The van der Waals surface area contributed by atoms with Gasteiger partial charge in [-0.2, -0.15) is 0 Å². The Kier molecular flexibility index (Phi) is 7.10. The number of unbranched alkanes of at least 4 members (excludes halogenated alkanes) is 3. The van der Waals surface area contributed by atoms with Crippen molar-refractivity contribution < 1.29 is 4.74 Å². The van der Waals surface area contributed by atoms with E-state index in [2.05, 4.69) is 36.5 Å². The summed E-state index contributed by atoms with van der Waals surface area (Å²) in [6.07, 6.45) is 9.13. The Morgan fingerprint density at radius 3 is 2.90 bits per heavy atom. The van der Waals surface area contributed by atoms with Crippen molar-refractivity contribution in [3.8, 4) is 0 Å². The summed E-state index contributed by atoms with van der Waals surface area (Å²) in [6, 6.07) is 8.79. The molecule has 20 heavy (non-hydrogen) atoms. The van der Waals surface area contributed by atoms with Crippen LogP contribution < -0.4 is 5.32 Å². The summed E-state index contributed by atoms with van der Waals surface area (Å²) in [5.74, 6) is 0. The Morgan fingerprint density at radius 1 is 1.15 bits per heavy atom. The van der Waals surface area contributed by atoms with Crippen LogP contribution in [0.5, 0.6) is 0 Å². The zero-order chi connectivity index (χ0) is 14.0. The Morgan fingerprint density at radius 2 is 2.00 bits per heavy atom. The maximum Gasteiger partial charge on any atom is 0.0827 e. The third-order valence-electron chi connectivity index (χ3n) is 4.13. The van der Waals surface area contributed by atoms with Gasteiger partial charge in [0.2, 0.25) is 0 Å². The summed E-state index contributed by atoms with van der Waals surface area (Å²) in [5.41, 5.74) is 2.93. The van der Waals surface area contributed by atoms with E-state index in [9.17, 15) is 0 Å². The maximum absolute atomic E-state index is 6.12. The maximum atomic E-state index is 6.12. The van der Waals surface area contributed by atoms with E-state index in [1.807, 2.05) is 0 Å². The van der Waals surface area contributed by atoms with Crippen LogP contribution in [0.15, 0.2) is 24.3 Å². The van der Waals surface area contributed by atoms with Gasteiger partial charge < -0.3 is 10.1 Å². The van der Waals surface area contributed by atoms with Gasteiger partial charge in [-0.05, 0) is 56.3 Å². The smallest absolute Gasteiger partial charge is 0.0827 e. The molecule has 1 atom stereocenters. The first-order valence-electron chi connectivity index (χ1n) is 8.32. The van der Waals surface area contributed by atoms with Crippen LogP contribution in [-0.2, 0) is 11.2 Å². The molecule has 0 amide bonds. The average Bonchev–Trinajstić information content (AvgIpc) is 2.50. The Balaban J connectivity index is 1.61. The van der Waals surface area contributed by atoms with Gasteiger partial charge >= 0.3 is 0 Å². The second-order valence-corrected chi connectivity index (χ2v) is 5.72. The summed E-state index contributed by atoms with van der Waals surface area (Å²) >= 11 is 0. The van der Waals surface area contributed by atoms with Gasteiger partial charge in [0.05, 0.1) is 6.10 Å². The number of nitrogens with one attached hydrogen (secondary N) is 1. The molecule has 0 radical (unpaired) electrons. The van der Waals surface area contributed by atoms with Gasteiger partial charge in [-0.3, -0.25) is 0 Å². The standard InChI is InChI=1S/C18H29NO/c1-2-19-14-7-3-4-8-15-20-18-13-9-11-16-10-5-6-12-17(16)18/h5-6,10,12,18-19H,2-4,7-9,11,13-15H2,1H3. The minimum atomic E-state index is 0.349. The van der Waals surface area contributed by atoms with Gasteiger partial charge in [0.15, 0.2) is 0 Å². The molecule has 0 heterocycles. The molecule has 0 bridgehead atoms. The van der Waals surface area contributed by atoms with Gasteiger partial charge in [0.1, 0.15) is 0 Å².